The maximum Gasteiger partial charge on any atom is 1.00 e. The summed E-state index contributed by atoms with van der Waals surface area (Å²) in [6, 6.07) is 0. The maximum atomic E-state index is 10.1. The van der Waals surface area contributed by atoms with Gasteiger partial charge in [-0.3, -0.25) is 0 Å². The molecule has 0 rings (SSSR count). The van der Waals surface area contributed by atoms with Crippen molar-refractivity contribution in [2.75, 3.05) is 0 Å². The summed E-state index contributed by atoms with van der Waals surface area (Å²) in [7, 11) is 0. The first-order valence-electron chi connectivity index (χ1n) is 0.626. The molecule has 0 atom stereocenters. The Morgan fingerprint density at radius 2 is 1.60 bits per heavy atom. The van der Waals surface area contributed by atoms with Gasteiger partial charge in [-0.15, -0.1) is 0 Å². The maximum absolute atomic E-state index is 10.1. The third-order valence-electron chi connectivity index (χ3n) is 0. The first-order chi connectivity index (χ1) is 1.41. The fourth-order valence-corrected chi connectivity index (χ4v) is 0. The van der Waals surface area contributed by atoms with Crippen molar-refractivity contribution in [1.29, 1.82) is 0 Å². The molecule has 0 heterocycles. The van der Waals surface area contributed by atoms with Crippen LogP contribution in [-0.2, 0) is 0 Å². The SMILES string of the molecule is C=CF.[Cl-].[Na+]. The predicted molar refractivity (Wildman–Crippen MR) is 11.3 cm³/mol. The first kappa shape index (κ1) is 16.7. The molecule has 0 aromatic carbocycles. The van der Waals surface area contributed by atoms with E-state index < -0.39 is 0 Å². The van der Waals surface area contributed by atoms with E-state index in [0.717, 1.165) is 0 Å². The van der Waals surface area contributed by atoms with Crippen molar-refractivity contribution >= 4 is 0 Å². The van der Waals surface area contributed by atoms with E-state index in [2.05, 4.69) is 6.58 Å². The Morgan fingerprint density at radius 3 is 1.60 bits per heavy atom. The molecule has 0 N–H and O–H groups in total. The van der Waals surface area contributed by atoms with Gasteiger partial charge in [0.05, 0.1) is 6.33 Å². The molecule has 0 aromatic rings. The molecule has 0 aliphatic rings. The van der Waals surface area contributed by atoms with Gasteiger partial charge in [-0.25, -0.2) is 4.39 Å². The number of hydrogen-bond acceptors (Lipinski definition) is 0. The number of hydrogen-bond donors (Lipinski definition) is 0. The van der Waals surface area contributed by atoms with Crippen molar-refractivity contribution in [2.24, 2.45) is 0 Å². The van der Waals surface area contributed by atoms with Crippen LogP contribution in [0.5, 0.6) is 0 Å². The van der Waals surface area contributed by atoms with Crippen LogP contribution < -0.4 is 42.0 Å². The van der Waals surface area contributed by atoms with Crippen LogP contribution in [0.1, 0.15) is 0 Å². The third-order valence-corrected chi connectivity index (χ3v) is 0. The van der Waals surface area contributed by atoms with Gasteiger partial charge < -0.3 is 12.4 Å². The molecule has 0 aromatic heterocycles. The van der Waals surface area contributed by atoms with Crippen molar-refractivity contribution < 1.29 is 46.4 Å². The molecular weight excluding hydrogens is 101 g/mol. The Kier molecular flexibility index (Phi) is 67.8. The summed E-state index contributed by atoms with van der Waals surface area (Å²) in [4.78, 5) is 0. The van der Waals surface area contributed by atoms with Gasteiger partial charge in [0, 0.05) is 0 Å². The Hall–Kier alpha value is 0.960. The van der Waals surface area contributed by atoms with Crippen molar-refractivity contribution in [3.05, 3.63) is 12.9 Å². The minimum atomic E-state index is 0. The van der Waals surface area contributed by atoms with Crippen LogP contribution in [0.2, 0.25) is 0 Å². The van der Waals surface area contributed by atoms with Gasteiger partial charge in [0.2, 0.25) is 0 Å². The fourth-order valence-electron chi connectivity index (χ4n) is 0. The van der Waals surface area contributed by atoms with Gasteiger partial charge in [0.15, 0.2) is 0 Å². The van der Waals surface area contributed by atoms with Gasteiger partial charge in [0.25, 0.3) is 0 Å². The van der Waals surface area contributed by atoms with E-state index >= 15 is 0 Å². The summed E-state index contributed by atoms with van der Waals surface area (Å²) in [5.41, 5.74) is 0. The minimum absolute atomic E-state index is 0. The molecule has 5 heavy (non-hydrogen) atoms. The topological polar surface area (TPSA) is 0 Å². The van der Waals surface area contributed by atoms with Crippen LogP contribution in [0.3, 0.4) is 0 Å². The zero-order valence-corrected chi connectivity index (χ0v) is 5.80. The molecule has 0 bridgehead atoms. The zero-order chi connectivity index (χ0) is 2.71. The predicted octanol–water partition coefficient (Wildman–Crippen LogP) is -4.89. The van der Waals surface area contributed by atoms with Crippen LogP contribution in [0.4, 0.5) is 4.39 Å². The molecule has 0 radical (unpaired) electrons. The van der Waals surface area contributed by atoms with Crippen LogP contribution in [0.25, 0.3) is 0 Å². The Balaban J connectivity index is -0.0000000200. The van der Waals surface area contributed by atoms with E-state index in [0.29, 0.717) is 0 Å². The van der Waals surface area contributed by atoms with Gasteiger partial charge >= 0.3 is 29.6 Å². The summed E-state index contributed by atoms with van der Waals surface area (Å²) >= 11 is 0. The van der Waals surface area contributed by atoms with E-state index in [9.17, 15) is 4.39 Å². The largest absolute Gasteiger partial charge is 1.00 e. The summed E-state index contributed by atoms with van der Waals surface area (Å²) in [6.07, 6.45) is 0.250. The summed E-state index contributed by atoms with van der Waals surface area (Å²) in [6.45, 7) is 2.69. The molecule has 0 saturated carbocycles. The summed E-state index contributed by atoms with van der Waals surface area (Å²) in [5.74, 6) is 0. The normalized spacial score (nSPS) is 2.60. The first-order valence-corrected chi connectivity index (χ1v) is 0.626. The molecule has 0 aliphatic heterocycles. The molecule has 0 spiro atoms. The molecule has 0 aliphatic carbocycles. The summed E-state index contributed by atoms with van der Waals surface area (Å²) < 4.78 is 10.1. The van der Waals surface area contributed by atoms with Crippen LogP contribution in [0.15, 0.2) is 12.9 Å². The molecule has 3 heteroatoms. The van der Waals surface area contributed by atoms with Gasteiger partial charge in [0.1, 0.15) is 0 Å². The number of halogens is 2. The molecule has 26 valence electrons. The van der Waals surface area contributed by atoms with E-state index in [-0.39, 0.29) is 48.3 Å². The van der Waals surface area contributed by atoms with Crippen LogP contribution in [-0.4, -0.2) is 0 Å². The Bertz CT molecular complexity index is 17.1. The van der Waals surface area contributed by atoms with Crippen molar-refractivity contribution in [2.45, 2.75) is 0 Å². The fraction of sp³-hybridized carbons (Fsp3) is 0. The minimum Gasteiger partial charge on any atom is -1.00 e. The van der Waals surface area contributed by atoms with Gasteiger partial charge in [-0.1, -0.05) is 6.58 Å². The molecule has 0 amide bonds. The summed E-state index contributed by atoms with van der Waals surface area (Å²) in [5, 5.41) is 0. The second-order valence-electron chi connectivity index (χ2n) is 0.154. The molecule has 0 unspecified atom stereocenters. The Labute approximate surface area is 59.1 Å². The second kappa shape index (κ2) is 20.2. The quantitative estimate of drug-likeness (QED) is 0.270. The van der Waals surface area contributed by atoms with Crippen LogP contribution in [0, 0.1) is 0 Å². The standard InChI is InChI=1S/C2H3F.ClH.Na/c1-2-3;;/h2H,1H2;1H;/q;;+1/p-1. The van der Waals surface area contributed by atoms with E-state index in [1.807, 2.05) is 0 Å². The zero-order valence-electron chi connectivity index (χ0n) is 3.04. The van der Waals surface area contributed by atoms with Gasteiger partial charge in [-0.05, 0) is 0 Å². The van der Waals surface area contributed by atoms with Gasteiger partial charge in [-0.2, -0.15) is 0 Å². The van der Waals surface area contributed by atoms with E-state index in [1.165, 1.54) is 0 Å². The monoisotopic (exact) mass is 104 g/mol. The number of rotatable bonds is 0. The average Bonchev–Trinajstić information content (AvgIpc) is 0.918. The molecule has 0 fully saturated rings. The average molecular weight is 104 g/mol. The molecule has 0 saturated heterocycles. The molecular formula is C2H3ClFNa. The van der Waals surface area contributed by atoms with Crippen molar-refractivity contribution in [1.82, 2.24) is 0 Å². The Morgan fingerprint density at radius 1 is 1.60 bits per heavy atom. The second-order valence-corrected chi connectivity index (χ2v) is 0.154. The third kappa shape index (κ3) is 47.2. The smallest absolute Gasteiger partial charge is 1.00 e. The van der Waals surface area contributed by atoms with Crippen molar-refractivity contribution in [3.63, 3.8) is 0 Å². The van der Waals surface area contributed by atoms with E-state index in [1.54, 1.807) is 0 Å². The molecule has 0 nitrogen and oxygen atoms in total. The van der Waals surface area contributed by atoms with Crippen LogP contribution >= 0.6 is 0 Å². The van der Waals surface area contributed by atoms with Crippen molar-refractivity contribution in [3.8, 4) is 0 Å². The van der Waals surface area contributed by atoms with E-state index in [4.69, 9.17) is 0 Å².